The number of guanidine groups is 1. The van der Waals surface area contributed by atoms with Gasteiger partial charge < -0.3 is 29.7 Å². The maximum atomic E-state index is 5.78. The van der Waals surface area contributed by atoms with Gasteiger partial charge in [-0.1, -0.05) is 6.07 Å². The topological polar surface area (TPSA) is 67.4 Å². The number of anilines is 1. The Kier molecular flexibility index (Phi) is 12.4. The smallest absolute Gasteiger partial charge is 0.191 e. The summed E-state index contributed by atoms with van der Waals surface area (Å²) in [6.07, 6.45) is 4.37. The summed E-state index contributed by atoms with van der Waals surface area (Å²) in [7, 11) is 1.72. The molecule has 2 atom stereocenters. The number of rotatable bonds is 10. The lowest BCUT2D eigenvalue weighted by molar-refractivity contribution is 0.0893. The normalized spacial score (nSPS) is 21.5. The molecule has 31 heavy (non-hydrogen) atoms. The lowest BCUT2D eigenvalue weighted by Gasteiger charge is -2.35. The van der Waals surface area contributed by atoms with E-state index in [1.807, 2.05) is 6.07 Å². The van der Waals surface area contributed by atoms with Crippen LogP contribution in [-0.4, -0.2) is 71.7 Å². The molecule has 0 radical (unpaired) electrons. The van der Waals surface area contributed by atoms with Gasteiger partial charge in [-0.05, 0) is 44.7 Å². The molecule has 2 aliphatic rings. The maximum Gasteiger partial charge on any atom is 0.191 e. The molecule has 0 spiro atoms. The summed E-state index contributed by atoms with van der Waals surface area (Å²) in [6.45, 7) is 9.06. The van der Waals surface area contributed by atoms with E-state index in [4.69, 9.17) is 19.2 Å². The Morgan fingerprint density at radius 3 is 3.00 bits per heavy atom. The van der Waals surface area contributed by atoms with Gasteiger partial charge in [0.15, 0.2) is 5.96 Å². The van der Waals surface area contributed by atoms with E-state index in [1.165, 1.54) is 5.69 Å². The Hall–Kier alpha value is -1.26. The Labute approximate surface area is 204 Å². The molecule has 2 aliphatic heterocycles. The highest BCUT2D eigenvalue weighted by Crippen LogP contribution is 2.24. The van der Waals surface area contributed by atoms with Crippen LogP contribution in [0, 0.1) is 5.92 Å². The van der Waals surface area contributed by atoms with Crippen LogP contribution in [0.1, 0.15) is 32.6 Å². The van der Waals surface area contributed by atoms with Crippen molar-refractivity contribution in [2.24, 2.45) is 10.9 Å². The monoisotopic (exact) mass is 546 g/mol. The second-order valence-corrected chi connectivity index (χ2v) is 8.05. The highest BCUT2D eigenvalue weighted by Gasteiger charge is 2.21. The number of hydrogen-bond acceptors (Lipinski definition) is 5. The van der Waals surface area contributed by atoms with Crippen LogP contribution in [0.4, 0.5) is 5.69 Å². The van der Waals surface area contributed by atoms with Crippen LogP contribution in [0.15, 0.2) is 29.3 Å². The number of methoxy groups -OCH3 is 1. The highest BCUT2D eigenvalue weighted by molar-refractivity contribution is 14.0. The first-order valence-electron chi connectivity index (χ1n) is 11.4. The molecule has 0 aliphatic carbocycles. The summed E-state index contributed by atoms with van der Waals surface area (Å²) in [5.74, 6) is 2.38. The Balaban J connectivity index is 0.00000341. The van der Waals surface area contributed by atoms with Crippen LogP contribution in [0.25, 0.3) is 0 Å². The van der Waals surface area contributed by atoms with Gasteiger partial charge in [0.25, 0.3) is 0 Å². The van der Waals surface area contributed by atoms with Gasteiger partial charge in [0.2, 0.25) is 0 Å². The van der Waals surface area contributed by atoms with Gasteiger partial charge >= 0.3 is 0 Å². The fourth-order valence-corrected chi connectivity index (χ4v) is 3.97. The van der Waals surface area contributed by atoms with Gasteiger partial charge in [-0.3, -0.25) is 4.99 Å². The molecule has 2 saturated heterocycles. The van der Waals surface area contributed by atoms with Crippen LogP contribution < -0.4 is 20.3 Å². The van der Waals surface area contributed by atoms with Crippen molar-refractivity contribution in [2.75, 3.05) is 64.6 Å². The summed E-state index contributed by atoms with van der Waals surface area (Å²) in [4.78, 5) is 7.18. The molecule has 2 heterocycles. The van der Waals surface area contributed by atoms with Crippen molar-refractivity contribution in [3.8, 4) is 5.75 Å². The average molecular weight is 546 g/mol. The molecule has 0 amide bonds. The predicted molar refractivity (Wildman–Crippen MR) is 137 cm³/mol. The van der Waals surface area contributed by atoms with Crippen molar-refractivity contribution in [1.29, 1.82) is 0 Å². The molecule has 2 fully saturated rings. The Bertz CT molecular complexity index is 655. The molecule has 7 nitrogen and oxygen atoms in total. The van der Waals surface area contributed by atoms with Crippen molar-refractivity contribution in [3.05, 3.63) is 24.3 Å². The second-order valence-electron chi connectivity index (χ2n) is 8.05. The lowest BCUT2D eigenvalue weighted by atomic mass is 10.0. The minimum absolute atomic E-state index is 0. The predicted octanol–water partition coefficient (Wildman–Crippen LogP) is 3.28. The third kappa shape index (κ3) is 9.02. The minimum Gasteiger partial charge on any atom is -0.497 e. The Morgan fingerprint density at radius 2 is 2.23 bits per heavy atom. The molecule has 2 unspecified atom stereocenters. The fourth-order valence-electron chi connectivity index (χ4n) is 3.97. The van der Waals surface area contributed by atoms with Gasteiger partial charge in [0.05, 0.1) is 20.3 Å². The molecular formula is C23H39IN4O3. The second kappa shape index (κ2) is 14.7. The molecule has 2 N–H and O–H groups in total. The van der Waals surface area contributed by atoms with E-state index in [0.29, 0.717) is 12.0 Å². The van der Waals surface area contributed by atoms with Crippen LogP contribution in [0.5, 0.6) is 5.75 Å². The van der Waals surface area contributed by atoms with Crippen molar-refractivity contribution in [3.63, 3.8) is 0 Å². The molecule has 3 rings (SSSR count). The van der Waals surface area contributed by atoms with Crippen LogP contribution >= 0.6 is 24.0 Å². The lowest BCUT2D eigenvalue weighted by Crippen LogP contribution is -2.51. The summed E-state index contributed by atoms with van der Waals surface area (Å²) in [5, 5.41) is 7.01. The van der Waals surface area contributed by atoms with E-state index in [1.54, 1.807) is 7.11 Å². The van der Waals surface area contributed by atoms with E-state index >= 15 is 0 Å². The molecule has 0 bridgehead atoms. The van der Waals surface area contributed by atoms with Crippen LogP contribution in [0.2, 0.25) is 0 Å². The molecule has 0 aromatic heterocycles. The molecule has 8 heteroatoms. The quantitative estimate of drug-likeness (QED) is 0.203. The molecule has 1 aromatic carbocycles. The summed E-state index contributed by atoms with van der Waals surface area (Å²) in [5.41, 5.74) is 1.22. The fraction of sp³-hybridized carbons (Fsp3) is 0.696. The van der Waals surface area contributed by atoms with Gasteiger partial charge in [0, 0.05) is 63.1 Å². The highest BCUT2D eigenvalue weighted by atomic mass is 127. The minimum atomic E-state index is 0. The zero-order valence-corrected chi connectivity index (χ0v) is 21.3. The number of nitrogens with one attached hydrogen (secondary N) is 2. The van der Waals surface area contributed by atoms with E-state index in [2.05, 4.69) is 40.7 Å². The number of benzene rings is 1. The number of nitrogens with zero attached hydrogens (tertiary/aromatic N) is 2. The van der Waals surface area contributed by atoms with Gasteiger partial charge in [0.1, 0.15) is 5.75 Å². The number of hydrogen-bond donors (Lipinski definition) is 2. The molecular weight excluding hydrogens is 507 g/mol. The van der Waals surface area contributed by atoms with Crippen molar-refractivity contribution < 1.29 is 14.2 Å². The van der Waals surface area contributed by atoms with Gasteiger partial charge in [-0.15, -0.1) is 24.0 Å². The first kappa shape index (κ1) is 26.0. The maximum absolute atomic E-state index is 5.78. The number of halogens is 1. The largest absolute Gasteiger partial charge is 0.497 e. The van der Waals surface area contributed by atoms with Gasteiger partial charge in [-0.2, -0.15) is 0 Å². The van der Waals surface area contributed by atoms with Crippen LogP contribution in [0.3, 0.4) is 0 Å². The zero-order valence-electron chi connectivity index (χ0n) is 19.0. The average Bonchev–Trinajstić information content (AvgIpc) is 3.30. The molecule has 1 aromatic rings. The Morgan fingerprint density at radius 1 is 1.32 bits per heavy atom. The number of aliphatic imine (C=N–C) groups is 1. The SMILES string of the molecule is CCNC(=NCCCOCC1CCOC1)NC1CCCN(c2cccc(OC)c2)C1.I. The summed E-state index contributed by atoms with van der Waals surface area (Å²) < 4.78 is 16.6. The van der Waals surface area contributed by atoms with E-state index in [0.717, 1.165) is 90.0 Å². The van der Waals surface area contributed by atoms with Crippen molar-refractivity contribution in [1.82, 2.24) is 10.6 Å². The van der Waals surface area contributed by atoms with Crippen molar-refractivity contribution in [2.45, 2.75) is 38.6 Å². The molecule has 176 valence electrons. The van der Waals surface area contributed by atoms with Crippen molar-refractivity contribution >= 4 is 35.6 Å². The van der Waals surface area contributed by atoms with E-state index in [-0.39, 0.29) is 24.0 Å². The first-order chi connectivity index (χ1) is 14.8. The molecule has 0 saturated carbocycles. The van der Waals surface area contributed by atoms with E-state index in [9.17, 15) is 0 Å². The zero-order chi connectivity index (χ0) is 21.0. The third-order valence-electron chi connectivity index (χ3n) is 5.62. The van der Waals surface area contributed by atoms with E-state index < -0.39 is 0 Å². The summed E-state index contributed by atoms with van der Waals surface area (Å²) >= 11 is 0. The summed E-state index contributed by atoms with van der Waals surface area (Å²) in [6, 6.07) is 8.69. The third-order valence-corrected chi connectivity index (χ3v) is 5.62. The number of ether oxygens (including phenoxy) is 3. The standard InChI is InChI=1S/C23H38N4O3.HI/c1-3-24-23(25-11-6-13-29-17-19-10-14-30-18-19)26-20-7-5-12-27(16-20)21-8-4-9-22(15-21)28-2;/h4,8-9,15,19-20H,3,5-7,10-14,16-18H2,1-2H3,(H2,24,25,26);1H. The number of piperidine rings is 1. The van der Waals surface area contributed by atoms with Crippen LogP contribution in [-0.2, 0) is 9.47 Å². The van der Waals surface area contributed by atoms with Gasteiger partial charge in [-0.25, -0.2) is 0 Å². The first-order valence-corrected chi connectivity index (χ1v) is 11.4.